The van der Waals surface area contributed by atoms with Crippen molar-refractivity contribution in [1.82, 2.24) is 4.98 Å². The van der Waals surface area contributed by atoms with Gasteiger partial charge in [0.15, 0.2) is 5.01 Å². The summed E-state index contributed by atoms with van der Waals surface area (Å²) in [7, 11) is 0. The Bertz CT molecular complexity index is 590. The van der Waals surface area contributed by atoms with Gasteiger partial charge in [-0.2, -0.15) is 13.2 Å². The number of rotatable bonds is 4. The van der Waals surface area contributed by atoms with Crippen molar-refractivity contribution in [2.24, 2.45) is 5.92 Å². The first kappa shape index (κ1) is 16.0. The van der Waals surface area contributed by atoms with E-state index in [0.717, 1.165) is 18.2 Å². The van der Waals surface area contributed by atoms with Crippen molar-refractivity contribution < 1.29 is 18.3 Å². The molecule has 0 aliphatic carbocycles. The van der Waals surface area contributed by atoms with Gasteiger partial charge in [0.1, 0.15) is 6.10 Å². The summed E-state index contributed by atoms with van der Waals surface area (Å²) in [6.07, 6.45) is -3.54. The molecule has 2 nitrogen and oxygen atoms in total. The van der Waals surface area contributed by atoms with Crippen LogP contribution in [0.5, 0.6) is 0 Å². The van der Waals surface area contributed by atoms with Gasteiger partial charge in [-0.15, -0.1) is 11.3 Å². The number of aromatic nitrogens is 1. The summed E-state index contributed by atoms with van der Waals surface area (Å²) in [6.45, 7) is 4.22. The number of benzene rings is 1. The summed E-state index contributed by atoms with van der Waals surface area (Å²) in [4.78, 5) is 3.52. The van der Waals surface area contributed by atoms with E-state index in [1.54, 1.807) is 12.1 Å². The molecule has 6 heteroatoms. The van der Waals surface area contributed by atoms with Gasteiger partial charge in [0.2, 0.25) is 0 Å². The van der Waals surface area contributed by atoms with Crippen molar-refractivity contribution in [3.63, 3.8) is 0 Å². The number of hydrogen-bond donors (Lipinski definition) is 1. The minimum atomic E-state index is -4.47. The highest BCUT2D eigenvalue weighted by molar-refractivity contribution is 7.11. The molecule has 0 bridgehead atoms. The minimum Gasteiger partial charge on any atom is -0.383 e. The van der Waals surface area contributed by atoms with Crippen molar-refractivity contribution in [2.45, 2.75) is 32.5 Å². The molecule has 0 fully saturated rings. The Hall–Kier alpha value is -1.40. The van der Waals surface area contributed by atoms with Crippen LogP contribution < -0.4 is 0 Å². The molecule has 1 heterocycles. The molecule has 1 aromatic carbocycles. The lowest BCUT2D eigenvalue weighted by Crippen LogP contribution is -2.03. The number of hydrogen-bond acceptors (Lipinski definition) is 3. The maximum atomic E-state index is 12.5. The fraction of sp³-hybridized carbons (Fsp3) is 0.400. The van der Waals surface area contributed by atoms with Crippen molar-refractivity contribution >= 4 is 11.3 Å². The van der Waals surface area contributed by atoms with E-state index >= 15 is 0 Å². The van der Waals surface area contributed by atoms with Crippen LogP contribution in [-0.4, -0.2) is 10.1 Å². The lowest BCUT2D eigenvalue weighted by molar-refractivity contribution is -0.137. The molecule has 1 unspecified atom stereocenters. The molecule has 114 valence electrons. The normalized spacial score (nSPS) is 13.7. The van der Waals surface area contributed by atoms with Crippen molar-refractivity contribution in [3.8, 4) is 0 Å². The molecule has 21 heavy (non-hydrogen) atoms. The van der Waals surface area contributed by atoms with Crippen LogP contribution in [0.15, 0.2) is 30.5 Å². The standard InChI is InChI=1S/C15H16F3NOS/c1-9(2)7-10-3-5-11(6-4-10)13(20)12-8-19-14(21-12)15(16,17)18/h3-6,8-9,13,20H,7H2,1-2H3. The second-order valence-electron chi connectivity index (χ2n) is 5.31. The molecule has 0 saturated heterocycles. The Kier molecular flexibility index (Phi) is 4.68. The summed E-state index contributed by atoms with van der Waals surface area (Å²) in [5.41, 5.74) is 1.71. The van der Waals surface area contributed by atoms with Gasteiger partial charge in [0.25, 0.3) is 0 Å². The summed E-state index contributed by atoms with van der Waals surface area (Å²) >= 11 is 0.471. The van der Waals surface area contributed by atoms with Crippen LogP contribution in [0.25, 0.3) is 0 Å². The third kappa shape index (κ3) is 4.04. The first-order chi connectivity index (χ1) is 9.77. The molecule has 0 spiro atoms. The van der Waals surface area contributed by atoms with Crippen LogP contribution in [0.3, 0.4) is 0 Å². The van der Waals surface area contributed by atoms with Gasteiger partial charge in [0.05, 0.1) is 4.88 Å². The van der Waals surface area contributed by atoms with Gasteiger partial charge in [-0.05, 0) is 23.5 Å². The number of aliphatic hydroxyl groups excluding tert-OH is 1. The van der Waals surface area contributed by atoms with Crippen LogP contribution in [0.4, 0.5) is 13.2 Å². The summed E-state index contributed by atoms with van der Waals surface area (Å²) in [6, 6.07) is 7.28. The van der Waals surface area contributed by atoms with E-state index in [9.17, 15) is 18.3 Å². The number of thiazole rings is 1. The van der Waals surface area contributed by atoms with Gasteiger partial charge in [-0.1, -0.05) is 38.1 Å². The van der Waals surface area contributed by atoms with Gasteiger partial charge in [-0.3, -0.25) is 0 Å². The molecule has 0 radical (unpaired) electrons. The topological polar surface area (TPSA) is 33.1 Å². The van der Waals surface area contributed by atoms with Crippen molar-refractivity contribution in [1.29, 1.82) is 0 Å². The Balaban J connectivity index is 2.16. The number of nitrogens with zero attached hydrogens (tertiary/aromatic N) is 1. The zero-order valence-corrected chi connectivity index (χ0v) is 12.5. The molecular formula is C15H16F3NOS. The Morgan fingerprint density at radius 1 is 1.19 bits per heavy atom. The van der Waals surface area contributed by atoms with Crippen LogP contribution in [0.2, 0.25) is 0 Å². The number of aliphatic hydroxyl groups is 1. The van der Waals surface area contributed by atoms with Gasteiger partial charge < -0.3 is 5.11 Å². The van der Waals surface area contributed by atoms with Gasteiger partial charge in [-0.25, -0.2) is 4.98 Å². The van der Waals surface area contributed by atoms with Crippen LogP contribution >= 0.6 is 11.3 Å². The number of halogens is 3. The summed E-state index contributed by atoms with van der Waals surface area (Å²) < 4.78 is 37.5. The molecule has 2 rings (SSSR count). The molecule has 1 N–H and O–H groups in total. The molecule has 0 aliphatic heterocycles. The van der Waals surface area contributed by atoms with Crippen molar-refractivity contribution in [3.05, 3.63) is 51.5 Å². The fourth-order valence-corrected chi connectivity index (χ4v) is 2.81. The summed E-state index contributed by atoms with van der Waals surface area (Å²) in [5.74, 6) is 0.525. The average Bonchev–Trinajstić information content (AvgIpc) is 2.87. The minimum absolute atomic E-state index is 0.193. The second kappa shape index (κ2) is 6.15. The molecule has 1 aromatic heterocycles. The SMILES string of the molecule is CC(C)Cc1ccc(C(O)c2cnc(C(F)(F)F)s2)cc1. The largest absolute Gasteiger partial charge is 0.443 e. The predicted octanol–water partition coefficient (Wildman–Crippen LogP) is 4.44. The van der Waals surface area contributed by atoms with Crippen molar-refractivity contribution in [2.75, 3.05) is 0 Å². The average molecular weight is 315 g/mol. The summed E-state index contributed by atoms with van der Waals surface area (Å²) in [5, 5.41) is 9.21. The van der Waals surface area contributed by atoms with Gasteiger partial charge >= 0.3 is 6.18 Å². The quantitative estimate of drug-likeness (QED) is 0.904. The number of alkyl halides is 3. The molecule has 0 aliphatic rings. The maximum absolute atomic E-state index is 12.5. The van der Waals surface area contributed by atoms with Crippen LogP contribution in [0, 0.1) is 5.92 Å². The van der Waals surface area contributed by atoms with E-state index in [1.807, 2.05) is 12.1 Å². The van der Waals surface area contributed by atoms with Crippen LogP contribution in [0.1, 0.15) is 41.0 Å². The molecular weight excluding hydrogens is 299 g/mol. The molecule has 0 amide bonds. The Morgan fingerprint density at radius 2 is 1.81 bits per heavy atom. The monoisotopic (exact) mass is 315 g/mol. The highest BCUT2D eigenvalue weighted by Gasteiger charge is 2.35. The second-order valence-corrected chi connectivity index (χ2v) is 6.37. The predicted molar refractivity (Wildman–Crippen MR) is 76.2 cm³/mol. The third-order valence-corrected chi connectivity index (χ3v) is 4.07. The fourth-order valence-electron chi connectivity index (χ4n) is 2.02. The smallest absolute Gasteiger partial charge is 0.383 e. The molecule has 1 atom stereocenters. The van der Waals surface area contributed by atoms with E-state index in [4.69, 9.17) is 0 Å². The van der Waals surface area contributed by atoms with Gasteiger partial charge in [0, 0.05) is 6.20 Å². The van der Waals surface area contributed by atoms with E-state index < -0.39 is 17.3 Å². The van der Waals surface area contributed by atoms with Crippen LogP contribution in [-0.2, 0) is 12.6 Å². The highest BCUT2D eigenvalue weighted by atomic mass is 32.1. The zero-order valence-electron chi connectivity index (χ0n) is 11.7. The van der Waals surface area contributed by atoms with E-state index in [2.05, 4.69) is 18.8 Å². The lowest BCUT2D eigenvalue weighted by Gasteiger charge is -2.10. The maximum Gasteiger partial charge on any atom is 0.443 e. The first-order valence-electron chi connectivity index (χ1n) is 6.57. The first-order valence-corrected chi connectivity index (χ1v) is 7.39. The molecule has 0 saturated carbocycles. The zero-order chi connectivity index (χ0) is 15.6. The van der Waals surface area contributed by atoms with E-state index in [-0.39, 0.29) is 4.88 Å². The van der Waals surface area contributed by atoms with E-state index in [0.29, 0.717) is 22.8 Å². The Morgan fingerprint density at radius 3 is 2.29 bits per heavy atom. The Labute approximate surface area is 125 Å². The van der Waals surface area contributed by atoms with E-state index in [1.165, 1.54) is 0 Å². The highest BCUT2D eigenvalue weighted by Crippen LogP contribution is 2.35. The lowest BCUT2D eigenvalue weighted by atomic mass is 10.00. The third-order valence-electron chi connectivity index (χ3n) is 2.97. The molecule has 2 aromatic rings.